The van der Waals surface area contributed by atoms with Gasteiger partial charge in [-0.1, -0.05) is 6.92 Å². The van der Waals surface area contributed by atoms with Gasteiger partial charge in [0.2, 0.25) is 5.91 Å². The lowest BCUT2D eigenvalue weighted by atomic mass is 10.2. The van der Waals surface area contributed by atoms with Gasteiger partial charge in [0.15, 0.2) is 0 Å². The zero-order valence-corrected chi connectivity index (χ0v) is 8.18. The Kier molecular flexibility index (Phi) is 4.20. The Hall–Kier alpha value is -0.610. The van der Waals surface area contributed by atoms with E-state index in [1.807, 2.05) is 0 Å². The first-order valence-electron chi connectivity index (χ1n) is 4.01. The van der Waals surface area contributed by atoms with Gasteiger partial charge in [-0.15, -0.1) is 0 Å². The van der Waals surface area contributed by atoms with E-state index in [4.69, 9.17) is 10.5 Å². The Bertz CT molecular complexity index is 152. The van der Waals surface area contributed by atoms with Crippen LogP contribution in [0, 0.1) is 5.92 Å². The first kappa shape index (κ1) is 11.4. The van der Waals surface area contributed by atoms with E-state index < -0.39 is 5.72 Å². The second-order valence-corrected chi connectivity index (χ2v) is 3.43. The molecule has 0 aliphatic rings. The molecule has 0 rings (SSSR count). The van der Waals surface area contributed by atoms with Crippen LogP contribution in [-0.2, 0) is 9.53 Å². The zero-order valence-electron chi connectivity index (χ0n) is 8.18. The monoisotopic (exact) mass is 174 g/mol. The first-order chi connectivity index (χ1) is 5.37. The minimum atomic E-state index is -0.664. The minimum absolute atomic E-state index is 0.0285. The molecule has 0 bridgehead atoms. The van der Waals surface area contributed by atoms with Crippen LogP contribution in [0.3, 0.4) is 0 Å². The van der Waals surface area contributed by atoms with Crippen molar-refractivity contribution in [2.45, 2.75) is 26.5 Å². The SMILES string of the molecule is CNC(=O)[C@H](C)COC(C)(C)N. The standard InChI is InChI=1S/C8H18N2O2/c1-6(7(11)10-4)5-12-8(2,3)9/h6H,5,9H2,1-4H3,(H,10,11)/t6-/m1/s1. The summed E-state index contributed by atoms with van der Waals surface area (Å²) in [6.07, 6.45) is 0. The van der Waals surface area contributed by atoms with Gasteiger partial charge in [-0.2, -0.15) is 0 Å². The van der Waals surface area contributed by atoms with Crippen molar-refractivity contribution in [3.8, 4) is 0 Å². The maximum Gasteiger partial charge on any atom is 0.224 e. The molecule has 0 aliphatic heterocycles. The van der Waals surface area contributed by atoms with Crippen molar-refractivity contribution >= 4 is 5.91 Å². The van der Waals surface area contributed by atoms with Crippen molar-refractivity contribution in [3.05, 3.63) is 0 Å². The summed E-state index contributed by atoms with van der Waals surface area (Å²) in [7, 11) is 1.60. The average molecular weight is 174 g/mol. The maximum atomic E-state index is 11.0. The molecule has 3 N–H and O–H groups in total. The third kappa shape index (κ3) is 5.09. The van der Waals surface area contributed by atoms with E-state index in [2.05, 4.69) is 5.32 Å². The second kappa shape index (κ2) is 4.42. The maximum absolute atomic E-state index is 11.0. The summed E-state index contributed by atoms with van der Waals surface area (Å²) >= 11 is 0. The van der Waals surface area contributed by atoms with Crippen LogP contribution in [-0.4, -0.2) is 25.3 Å². The fourth-order valence-electron chi connectivity index (χ4n) is 0.662. The van der Waals surface area contributed by atoms with Gasteiger partial charge in [0.1, 0.15) is 5.72 Å². The third-order valence-electron chi connectivity index (χ3n) is 1.40. The van der Waals surface area contributed by atoms with Crippen LogP contribution in [0.5, 0.6) is 0 Å². The number of nitrogens with one attached hydrogen (secondary N) is 1. The van der Waals surface area contributed by atoms with Gasteiger partial charge in [-0.3, -0.25) is 4.79 Å². The van der Waals surface area contributed by atoms with Crippen LogP contribution < -0.4 is 11.1 Å². The van der Waals surface area contributed by atoms with Gasteiger partial charge in [-0.05, 0) is 13.8 Å². The lowest BCUT2D eigenvalue weighted by Gasteiger charge is -2.21. The van der Waals surface area contributed by atoms with Crippen molar-refractivity contribution in [1.29, 1.82) is 0 Å². The topological polar surface area (TPSA) is 64.3 Å². The Morgan fingerprint density at radius 2 is 2.17 bits per heavy atom. The summed E-state index contributed by atoms with van der Waals surface area (Å²) < 4.78 is 5.23. The molecular formula is C8H18N2O2. The third-order valence-corrected chi connectivity index (χ3v) is 1.40. The van der Waals surface area contributed by atoms with Crippen LogP contribution >= 0.6 is 0 Å². The van der Waals surface area contributed by atoms with Crippen molar-refractivity contribution in [3.63, 3.8) is 0 Å². The van der Waals surface area contributed by atoms with Gasteiger partial charge >= 0.3 is 0 Å². The molecule has 0 saturated heterocycles. The molecule has 0 aliphatic carbocycles. The molecule has 0 spiro atoms. The Balaban J connectivity index is 3.72. The van der Waals surface area contributed by atoms with Crippen LogP contribution in [0.2, 0.25) is 0 Å². The molecule has 12 heavy (non-hydrogen) atoms. The van der Waals surface area contributed by atoms with Gasteiger partial charge in [0.25, 0.3) is 0 Å². The van der Waals surface area contributed by atoms with Crippen molar-refractivity contribution in [2.75, 3.05) is 13.7 Å². The quantitative estimate of drug-likeness (QED) is 0.593. The summed E-state index contributed by atoms with van der Waals surface area (Å²) in [6, 6.07) is 0. The Labute approximate surface area is 73.5 Å². The number of carbonyl (C=O) groups excluding carboxylic acids is 1. The Morgan fingerprint density at radius 3 is 2.50 bits per heavy atom. The smallest absolute Gasteiger partial charge is 0.224 e. The molecule has 0 fully saturated rings. The molecule has 4 nitrogen and oxygen atoms in total. The van der Waals surface area contributed by atoms with Gasteiger partial charge < -0.3 is 15.8 Å². The summed E-state index contributed by atoms with van der Waals surface area (Å²) in [5, 5.41) is 2.54. The van der Waals surface area contributed by atoms with E-state index >= 15 is 0 Å². The normalized spacial score (nSPS) is 14.1. The van der Waals surface area contributed by atoms with Crippen LogP contribution in [0.1, 0.15) is 20.8 Å². The highest BCUT2D eigenvalue weighted by Crippen LogP contribution is 2.03. The summed E-state index contributed by atoms with van der Waals surface area (Å²) in [5.74, 6) is -0.183. The van der Waals surface area contributed by atoms with Crippen LogP contribution in [0.25, 0.3) is 0 Å². The first-order valence-corrected chi connectivity index (χ1v) is 4.01. The van der Waals surface area contributed by atoms with E-state index in [-0.39, 0.29) is 11.8 Å². The van der Waals surface area contributed by atoms with E-state index in [0.717, 1.165) is 0 Å². The van der Waals surface area contributed by atoms with Crippen molar-refractivity contribution in [2.24, 2.45) is 11.7 Å². The van der Waals surface area contributed by atoms with Gasteiger partial charge in [0.05, 0.1) is 12.5 Å². The molecule has 0 heterocycles. The highest BCUT2D eigenvalue weighted by Gasteiger charge is 2.16. The predicted molar refractivity (Wildman–Crippen MR) is 47.4 cm³/mol. The molecule has 0 radical (unpaired) electrons. The molecule has 0 saturated carbocycles. The fraction of sp³-hybridized carbons (Fsp3) is 0.875. The number of hydrogen-bond acceptors (Lipinski definition) is 3. The van der Waals surface area contributed by atoms with Gasteiger partial charge in [0, 0.05) is 7.05 Å². The summed E-state index contributed by atoms with van der Waals surface area (Å²) in [6.45, 7) is 5.65. The number of hydrogen-bond donors (Lipinski definition) is 2. The van der Waals surface area contributed by atoms with E-state index in [0.29, 0.717) is 6.61 Å². The van der Waals surface area contributed by atoms with Crippen molar-refractivity contribution in [1.82, 2.24) is 5.32 Å². The molecule has 0 aromatic heterocycles. The average Bonchev–Trinajstić information content (AvgIpc) is 1.97. The molecule has 0 unspecified atom stereocenters. The molecular weight excluding hydrogens is 156 g/mol. The lowest BCUT2D eigenvalue weighted by Crippen LogP contribution is -2.39. The molecule has 4 heteroatoms. The molecule has 72 valence electrons. The van der Waals surface area contributed by atoms with E-state index in [1.165, 1.54) is 0 Å². The zero-order chi connectivity index (χ0) is 9.78. The molecule has 0 aromatic carbocycles. The van der Waals surface area contributed by atoms with Gasteiger partial charge in [-0.25, -0.2) is 0 Å². The Morgan fingerprint density at radius 1 is 1.67 bits per heavy atom. The van der Waals surface area contributed by atoms with Crippen LogP contribution in [0.4, 0.5) is 0 Å². The number of amides is 1. The van der Waals surface area contributed by atoms with E-state index in [9.17, 15) is 4.79 Å². The second-order valence-electron chi connectivity index (χ2n) is 3.43. The highest BCUT2D eigenvalue weighted by molar-refractivity contribution is 5.77. The molecule has 1 amide bonds. The minimum Gasteiger partial charge on any atom is -0.361 e. The summed E-state index contributed by atoms with van der Waals surface area (Å²) in [5.41, 5.74) is 4.91. The number of rotatable bonds is 4. The number of carbonyl (C=O) groups is 1. The van der Waals surface area contributed by atoms with Crippen molar-refractivity contribution < 1.29 is 9.53 Å². The molecule has 1 atom stereocenters. The number of ether oxygens (including phenoxy) is 1. The molecule has 0 aromatic rings. The highest BCUT2D eigenvalue weighted by atomic mass is 16.5. The van der Waals surface area contributed by atoms with E-state index in [1.54, 1.807) is 27.8 Å². The summed E-state index contributed by atoms with van der Waals surface area (Å²) in [4.78, 5) is 11.0. The number of nitrogens with two attached hydrogens (primary N) is 1. The largest absolute Gasteiger partial charge is 0.361 e. The fourth-order valence-corrected chi connectivity index (χ4v) is 0.662. The predicted octanol–water partition coefficient (Wildman–Crippen LogP) is 0.0799. The lowest BCUT2D eigenvalue weighted by molar-refractivity contribution is -0.128. The van der Waals surface area contributed by atoms with Crippen LogP contribution in [0.15, 0.2) is 0 Å².